The van der Waals surface area contributed by atoms with Crippen molar-refractivity contribution >= 4 is 44.1 Å². The number of carbonyl (C=O) groups excluding carboxylic acids is 2. The molecule has 1 aliphatic heterocycles. The first-order valence-electron chi connectivity index (χ1n) is 13.0. The number of sulfonamides is 1. The van der Waals surface area contributed by atoms with Crippen LogP contribution in [0.4, 0.5) is 11.4 Å². The number of nitrogens with zero attached hydrogens (tertiary/aromatic N) is 1. The minimum Gasteiger partial charge on any atom is -0.378 e. The van der Waals surface area contributed by atoms with Crippen LogP contribution in [-0.4, -0.2) is 64.6 Å². The summed E-state index contributed by atoms with van der Waals surface area (Å²) in [4.78, 5) is 30.7. The van der Waals surface area contributed by atoms with Gasteiger partial charge in [-0.15, -0.1) is 0 Å². The average Bonchev–Trinajstić information content (AvgIpc) is 3.40. The standard InChI is InChI=1S/C29H31N5O5S/c1-30-28(35)20-6-12-24(13-7-20)40(37,38)33-27(18-21-19-31-26-5-3-2-4-25(21)26)29(36)32-22-8-10-23(11-9-22)34-14-16-39-17-15-34/h2-13,19,27,31,33H,14-18H2,1H3,(H,30,35)(H,32,36). The Morgan fingerprint density at radius 3 is 2.38 bits per heavy atom. The molecule has 5 rings (SSSR count). The number of hydrogen-bond acceptors (Lipinski definition) is 6. The number of carbonyl (C=O) groups is 2. The normalized spacial score (nSPS) is 14.6. The van der Waals surface area contributed by atoms with E-state index in [0.29, 0.717) is 24.5 Å². The van der Waals surface area contributed by atoms with Gasteiger partial charge < -0.3 is 25.3 Å². The molecule has 1 fully saturated rings. The topological polar surface area (TPSA) is 133 Å². The predicted molar refractivity (Wildman–Crippen MR) is 154 cm³/mol. The van der Waals surface area contributed by atoms with Crippen LogP contribution in [0.25, 0.3) is 10.9 Å². The molecule has 3 aromatic carbocycles. The summed E-state index contributed by atoms with van der Waals surface area (Å²) < 4.78 is 34.7. The monoisotopic (exact) mass is 561 g/mol. The number of amides is 2. The summed E-state index contributed by atoms with van der Waals surface area (Å²) in [5.41, 5.74) is 3.60. The lowest BCUT2D eigenvalue weighted by Crippen LogP contribution is -2.45. The van der Waals surface area contributed by atoms with Crippen molar-refractivity contribution in [2.75, 3.05) is 43.6 Å². The third-order valence-corrected chi connectivity index (χ3v) is 8.37. The molecule has 1 unspecified atom stereocenters. The summed E-state index contributed by atoms with van der Waals surface area (Å²) >= 11 is 0. The summed E-state index contributed by atoms with van der Waals surface area (Å²) in [5.74, 6) is -0.817. The van der Waals surface area contributed by atoms with Gasteiger partial charge in [0.1, 0.15) is 6.04 Å². The molecular formula is C29H31N5O5S. The second kappa shape index (κ2) is 11.9. The first kappa shape index (κ1) is 27.4. The number of aromatic nitrogens is 1. The van der Waals surface area contributed by atoms with Crippen LogP contribution >= 0.6 is 0 Å². The van der Waals surface area contributed by atoms with Crippen molar-refractivity contribution in [3.8, 4) is 0 Å². The highest BCUT2D eigenvalue weighted by molar-refractivity contribution is 7.89. The largest absolute Gasteiger partial charge is 0.378 e. The number of morpholine rings is 1. The molecule has 0 bridgehead atoms. The number of ether oxygens (including phenoxy) is 1. The lowest BCUT2D eigenvalue weighted by atomic mass is 10.0. The highest BCUT2D eigenvalue weighted by atomic mass is 32.2. The first-order chi connectivity index (χ1) is 19.3. The van der Waals surface area contributed by atoms with Crippen LogP contribution in [0.2, 0.25) is 0 Å². The van der Waals surface area contributed by atoms with Gasteiger partial charge in [0.15, 0.2) is 0 Å². The van der Waals surface area contributed by atoms with E-state index in [4.69, 9.17) is 4.74 Å². The van der Waals surface area contributed by atoms with Crippen molar-refractivity contribution < 1.29 is 22.7 Å². The van der Waals surface area contributed by atoms with Crippen molar-refractivity contribution in [2.24, 2.45) is 0 Å². The fourth-order valence-corrected chi connectivity index (χ4v) is 5.90. The van der Waals surface area contributed by atoms with Crippen molar-refractivity contribution in [1.82, 2.24) is 15.0 Å². The van der Waals surface area contributed by atoms with E-state index in [2.05, 4.69) is 25.2 Å². The van der Waals surface area contributed by atoms with Crippen LogP contribution < -0.4 is 20.3 Å². The van der Waals surface area contributed by atoms with Crippen molar-refractivity contribution in [2.45, 2.75) is 17.4 Å². The number of nitrogens with one attached hydrogen (secondary N) is 4. The van der Waals surface area contributed by atoms with Gasteiger partial charge in [-0.25, -0.2) is 8.42 Å². The fraction of sp³-hybridized carbons (Fsp3) is 0.241. The number of fused-ring (bicyclic) bond motifs is 1. The van der Waals surface area contributed by atoms with E-state index >= 15 is 0 Å². The third-order valence-electron chi connectivity index (χ3n) is 6.88. The molecule has 208 valence electrons. The van der Waals surface area contributed by atoms with Gasteiger partial charge in [0.2, 0.25) is 15.9 Å². The Morgan fingerprint density at radius 2 is 1.68 bits per heavy atom. The third kappa shape index (κ3) is 6.17. The van der Waals surface area contributed by atoms with Crippen molar-refractivity contribution in [3.63, 3.8) is 0 Å². The number of H-pyrrole nitrogens is 1. The van der Waals surface area contributed by atoms with Crippen molar-refractivity contribution in [1.29, 1.82) is 0 Å². The van der Waals surface area contributed by atoms with Gasteiger partial charge in [-0.3, -0.25) is 9.59 Å². The Labute approximate surface area is 232 Å². The smallest absolute Gasteiger partial charge is 0.251 e. The molecule has 4 aromatic rings. The first-order valence-corrected chi connectivity index (χ1v) is 14.5. The van der Waals surface area contributed by atoms with E-state index in [9.17, 15) is 18.0 Å². The number of para-hydroxylation sites is 1. The molecule has 2 heterocycles. The van der Waals surface area contributed by atoms with E-state index in [1.165, 1.54) is 31.3 Å². The number of benzene rings is 3. The second-order valence-corrected chi connectivity index (χ2v) is 11.2. The maximum absolute atomic E-state index is 13.5. The van der Waals surface area contributed by atoms with Gasteiger partial charge in [0, 0.05) is 54.2 Å². The molecule has 1 saturated heterocycles. The minimum absolute atomic E-state index is 0.0493. The summed E-state index contributed by atoms with van der Waals surface area (Å²) in [7, 11) is -2.60. The van der Waals surface area contributed by atoms with Crippen LogP contribution in [0.15, 0.2) is 83.9 Å². The molecule has 1 aliphatic rings. The molecular weight excluding hydrogens is 530 g/mol. The van der Waals surface area contributed by atoms with Crippen LogP contribution in [0.1, 0.15) is 15.9 Å². The van der Waals surface area contributed by atoms with Crippen molar-refractivity contribution in [3.05, 3.63) is 90.1 Å². The summed E-state index contributed by atoms with van der Waals surface area (Å²) in [5, 5.41) is 6.28. The molecule has 0 radical (unpaired) electrons. The highest BCUT2D eigenvalue weighted by Crippen LogP contribution is 2.22. The SMILES string of the molecule is CNC(=O)c1ccc(S(=O)(=O)NC(Cc2c[nH]c3ccccc23)C(=O)Nc2ccc(N3CCOCC3)cc2)cc1. The summed E-state index contributed by atoms with van der Waals surface area (Å²) in [6.07, 6.45) is 1.91. The quantitative estimate of drug-likeness (QED) is 0.249. The Kier molecular flexibility index (Phi) is 8.15. The summed E-state index contributed by atoms with van der Waals surface area (Å²) in [6, 6.07) is 19.5. The Morgan fingerprint density at radius 1 is 0.975 bits per heavy atom. The molecule has 1 atom stereocenters. The van der Waals surface area contributed by atoms with Crippen LogP contribution in [-0.2, 0) is 26.0 Å². The van der Waals surface area contributed by atoms with Crippen LogP contribution in [0.3, 0.4) is 0 Å². The molecule has 2 amide bonds. The number of anilines is 2. The molecule has 11 heteroatoms. The van der Waals surface area contributed by atoms with E-state index < -0.39 is 22.0 Å². The number of hydrogen-bond donors (Lipinski definition) is 4. The second-order valence-electron chi connectivity index (χ2n) is 9.48. The van der Waals surface area contributed by atoms with Gasteiger partial charge in [-0.2, -0.15) is 4.72 Å². The Bertz CT molecular complexity index is 1590. The summed E-state index contributed by atoms with van der Waals surface area (Å²) in [6.45, 7) is 2.93. The van der Waals surface area contributed by atoms with E-state index in [-0.39, 0.29) is 17.2 Å². The number of rotatable bonds is 9. The van der Waals surface area contributed by atoms with Gasteiger partial charge in [0.05, 0.1) is 18.1 Å². The Hall–Kier alpha value is -4.19. The maximum Gasteiger partial charge on any atom is 0.251 e. The molecule has 0 saturated carbocycles. The van der Waals surface area contributed by atoms with Gasteiger partial charge >= 0.3 is 0 Å². The molecule has 10 nitrogen and oxygen atoms in total. The van der Waals surface area contributed by atoms with Gasteiger partial charge in [-0.05, 0) is 66.6 Å². The highest BCUT2D eigenvalue weighted by Gasteiger charge is 2.27. The maximum atomic E-state index is 13.5. The zero-order valence-corrected chi connectivity index (χ0v) is 22.8. The number of aromatic amines is 1. The lowest BCUT2D eigenvalue weighted by molar-refractivity contribution is -0.117. The van der Waals surface area contributed by atoms with E-state index in [1.54, 1.807) is 18.3 Å². The molecule has 0 aliphatic carbocycles. The van der Waals surface area contributed by atoms with Gasteiger partial charge in [0.25, 0.3) is 5.91 Å². The Balaban J connectivity index is 1.38. The van der Waals surface area contributed by atoms with Crippen LogP contribution in [0.5, 0.6) is 0 Å². The minimum atomic E-state index is -4.09. The molecule has 4 N–H and O–H groups in total. The van der Waals surface area contributed by atoms with Gasteiger partial charge in [-0.1, -0.05) is 18.2 Å². The lowest BCUT2D eigenvalue weighted by Gasteiger charge is -2.29. The molecule has 1 aromatic heterocycles. The predicted octanol–water partition coefficient (Wildman–Crippen LogP) is 2.89. The molecule has 0 spiro atoms. The van der Waals surface area contributed by atoms with Crippen LogP contribution in [0, 0.1) is 0 Å². The van der Waals surface area contributed by atoms with E-state index in [0.717, 1.165) is 35.2 Å². The molecule has 40 heavy (non-hydrogen) atoms. The zero-order chi connectivity index (χ0) is 28.1. The fourth-order valence-electron chi connectivity index (χ4n) is 4.70. The zero-order valence-electron chi connectivity index (χ0n) is 22.0. The average molecular weight is 562 g/mol. The van der Waals surface area contributed by atoms with E-state index in [1.807, 2.05) is 36.4 Å².